The van der Waals surface area contributed by atoms with E-state index in [9.17, 15) is 9.59 Å². The van der Waals surface area contributed by atoms with Gasteiger partial charge in [0.15, 0.2) is 5.82 Å². The second-order valence-corrected chi connectivity index (χ2v) is 8.61. The number of nitrogens with zero attached hydrogens (tertiary/aromatic N) is 2. The normalized spacial score (nSPS) is 11.3. The average Bonchev–Trinajstić information content (AvgIpc) is 3.23. The summed E-state index contributed by atoms with van der Waals surface area (Å²) in [6.45, 7) is 6.03. The lowest BCUT2D eigenvalue weighted by atomic mass is 9.93. The Morgan fingerprint density at radius 2 is 1.75 bits per heavy atom. The maximum Gasteiger partial charge on any atom is 0.255 e. The Hall–Kier alpha value is -4.00. The van der Waals surface area contributed by atoms with E-state index in [2.05, 4.69) is 20.8 Å². The molecule has 0 spiro atoms. The highest BCUT2D eigenvalue weighted by Crippen LogP contribution is 2.24. The summed E-state index contributed by atoms with van der Waals surface area (Å²) in [5, 5.41) is 10.4. The molecule has 0 saturated carbocycles. The van der Waals surface area contributed by atoms with E-state index in [0.717, 1.165) is 16.5 Å². The summed E-state index contributed by atoms with van der Waals surface area (Å²) in [6, 6.07) is 18.0. The van der Waals surface area contributed by atoms with Gasteiger partial charge in [-0.05, 0) is 42.0 Å². The van der Waals surface area contributed by atoms with Gasteiger partial charge in [-0.15, -0.1) is 0 Å². The van der Waals surface area contributed by atoms with Crippen molar-refractivity contribution < 1.29 is 14.1 Å². The van der Waals surface area contributed by atoms with Crippen molar-refractivity contribution in [2.24, 2.45) is 0 Å². The second-order valence-electron chi connectivity index (χ2n) is 8.61. The van der Waals surface area contributed by atoms with Gasteiger partial charge in [-0.1, -0.05) is 44.1 Å². The standard InChI is InChI=1S/C25H24N4O3/c1-25(2,3)21-15-22(29-32-21)28-23(30)13-16-6-9-19(10-7-16)27-24(31)18-8-11-20-17(14-18)5-4-12-26-20/h4-12,14-15H,13H2,1-3H3,(H,27,31)(H,28,29,30). The predicted molar refractivity (Wildman–Crippen MR) is 124 cm³/mol. The number of pyridine rings is 1. The molecule has 0 atom stereocenters. The van der Waals surface area contributed by atoms with Gasteiger partial charge in [0.05, 0.1) is 11.9 Å². The molecule has 0 aliphatic rings. The fourth-order valence-corrected chi connectivity index (χ4v) is 3.19. The topological polar surface area (TPSA) is 97.1 Å². The number of carbonyl (C=O) groups is 2. The highest BCUT2D eigenvalue weighted by Gasteiger charge is 2.20. The molecule has 2 N–H and O–H groups in total. The molecular weight excluding hydrogens is 404 g/mol. The number of hydrogen-bond donors (Lipinski definition) is 2. The Labute approximate surface area is 185 Å². The number of aromatic nitrogens is 2. The predicted octanol–water partition coefficient (Wildman–Crippen LogP) is 4.95. The van der Waals surface area contributed by atoms with Crippen molar-refractivity contribution in [2.45, 2.75) is 32.6 Å². The van der Waals surface area contributed by atoms with Gasteiger partial charge in [0.25, 0.3) is 5.91 Å². The van der Waals surface area contributed by atoms with E-state index in [1.54, 1.807) is 30.5 Å². The summed E-state index contributed by atoms with van der Waals surface area (Å²) in [6.07, 6.45) is 1.91. The number of benzene rings is 2. The lowest BCUT2D eigenvalue weighted by molar-refractivity contribution is -0.115. The first kappa shape index (κ1) is 21.2. The van der Waals surface area contributed by atoms with E-state index in [1.165, 1.54) is 0 Å². The lowest BCUT2D eigenvalue weighted by Crippen LogP contribution is -2.15. The van der Waals surface area contributed by atoms with Crippen LogP contribution in [0.5, 0.6) is 0 Å². The fourth-order valence-electron chi connectivity index (χ4n) is 3.19. The highest BCUT2D eigenvalue weighted by atomic mass is 16.5. The van der Waals surface area contributed by atoms with Crippen molar-refractivity contribution in [1.29, 1.82) is 0 Å². The minimum Gasteiger partial charge on any atom is -0.359 e. The molecule has 7 heteroatoms. The average molecular weight is 428 g/mol. The van der Waals surface area contributed by atoms with Crippen LogP contribution in [0.3, 0.4) is 0 Å². The van der Waals surface area contributed by atoms with Gasteiger partial charge in [-0.2, -0.15) is 0 Å². The zero-order valence-corrected chi connectivity index (χ0v) is 18.2. The SMILES string of the molecule is CC(C)(C)c1cc(NC(=O)Cc2ccc(NC(=O)c3ccc4ncccc4c3)cc2)no1. The number of amides is 2. The molecule has 0 fully saturated rings. The van der Waals surface area contributed by atoms with Gasteiger partial charge in [0.1, 0.15) is 5.76 Å². The molecule has 4 aromatic rings. The van der Waals surface area contributed by atoms with E-state index in [1.807, 2.05) is 57.2 Å². The summed E-state index contributed by atoms with van der Waals surface area (Å²) in [5.74, 6) is 0.701. The Kier molecular flexibility index (Phi) is 5.73. The van der Waals surface area contributed by atoms with Crippen LogP contribution in [0.15, 0.2) is 71.4 Å². The monoisotopic (exact) mass is 428 g/mol. The Bertz CT molecular complexity index is 1270. The van der Waals surface area contributed by atoms with Crippen LogP contribution in [0.25, 0.3) is 10.9 Å². The zero-order chi connectivity index (χ0) is 22.7. The van der Waals surface area contributed by atoms with Crippen LogP contribution >= 0.6 is 0 Å². The highest BCUT2D eigenvalue weighted by molar-refractivity contribution is 6.06. The van der Waals surface area contributed by atoms with Crippen molar-refractivity contribution in [3.05, 3.63) is 83.7 Å². The maximum atomic E-state index is 12.6. The van der Waals surface area contributed by atoms with Crippen molar-refractivity contribution in [1.82, 2.24) is 10.1 Å². The summed E-state index contributed by atoms with van der Waals surface area (Å²) in [5.41, 5.74) is 2.68. The van der Waals surface area contributed by atoms with E-state index in [-0.39, 0.29) is 23.7 Å². The maximum absolute atomic E-state index is 12.6. The molecule has 2 amide bonds. The third-order valence-electron chi connectivity index (χ3n) is 4.96. The van der Waals surface area contributed by atoms with Crippen LogP contribution in [0.1, 0.15) is 42.5 Å². The van der Waals surface area contributed by atoms with Crippen LogP contribution in [-0.2, 0) is 16.6 Å². The molecule has 0 unspecified atom stereocenters. The summed E-state index contributed by atoms with van der Waals surface area (Å²) in [7, 11) is 0. The summed E-state index contributed by atoms with van der Waals surface area (Å²) in [4.78, 5) is 29.2. The summed E-state index contributed by atoms with van der Waals surface area (Å²) < 4.78 is 5.28. The van der Waals surface area contributed by atoms with Gasteiger partial charge in [-0.3, -0.25) is 14.6 Å². The van der Waals surface area contributed by atoms with Crippen LogP contribution in [0.2, 0.25) is 0 Å². The molecule has 4 rings (SSSR count). The zero-order valence-electron chi connectivity index (χ0n) is 18.2. The van der Waals surface area contributed by atoms with Crippen molar-refractivity contribution in [3.8, 4) is 0 Å². The number of fused-ring (bicyclic) bond motifs is 1. The minimum atomic E-state index is -0.207. The first-order chi connectivity index (χ1) is 15.3. The van der Waals surface area contributed by atoms with Crippen LogP contribution < -0.4 is 10.6 Å². The van der Waals surface area contributed by atoms with Crippen molar-refractivity contribution >= 4 is 34.2 Å². The molecule has 162 valence electrons. The fraction of sp³-hybridized carbons (Fsp3) is 0.200. The quantitative estimate of drug-likeness (QED) is 0.469. The van der Waals surface area contributed by atoms with Crippen molar-refractivity contribution in [2.75, 3.05) is 10.6 Å². The summed E-state index contributed by atoms with van der Waals surface area (Å²) >= 11 is 0. The van der Waals surface area contributed by atoms with Gasteiger partial charge in [-0.25, -0.2) is 0 Å². The number of carbonyl (C=O) groups excluding carboxylic acids is 2. The van der Waals surface area contributed by atoms with Crippen molar-refractivity contribution in [3.63, 3.8) is 0 Å². The van der Waals surface area contributed by atoms with Crippen LogP contribution in [0, 0.1) is 0 Å². The van der Waals surface area contributed by atoms with Gasteiger partial charge >= 0.3 is 0 Å². The molecule has 0 radical (unpaired) electrons. The molecule has 0 aliphatic heterocycles. The molecule has 0 bridgehead atoms. The third kappa shape index (κ3) is 5.00. The largest absolute Gasteiger partial charge is 0.359 e. The molecule has 2 heterocycles. The van der Waals surface area contributed by atoms with Crippen LogP contribution in [0.4, 0.5) is 11.5 Å². The van der Waals surface area contributed by atoms with E-state index in [4.69, 9.17) is 4.52 Å². The minimum absolute atomic E-state index is 0.181. The second kappa shape index (κ2) is 8.63. The van der Waals surface area contributed by atoms with Gasteiger partial charge < -0.3 is 15.2 Å². The van der Waals surface area contributed by atoms with Gasteiger partial charge in [0, 0.05) is 34.3 Å². The molecular formula is C25H24N4O3. The van der Waals surface area contributed by atoms with E-state index >= 15 is 0 Å². The molecule has 2 aromatic carbocycles. The van der Waals surface area contributed by atoms with E-state index < -0.39 is 0 Å². The number of nitrogens with one attached hydrogen (secondary N) is 2. The molecule has 0 aliphatic carbocycles. The molecule has 7 nitrogen and oxygen atoms in total. The molecule has 32 heavy (non-hydrogen) atoms. The number of rotatable bonds is 5. The smallest absolute Gasteiger partial charge is 0.255 e. The Morgan fingerprint density at radius 3 is 2.47 bits per heavy atom. The Balaban J connectivity index is 1.35. The van der Waals surface area contributed by atoms with Gasteiger partial charge in [0.2, 0.25) is 5.91 Å². The number of anilines is 2. The first-order valence-electron chi connectivity index (χ1n) is 10.3. The van der Waals surface area contributed by atoms with E-state index in [0.29, 0.717) is 22.8 Å². The third-order valence-corrected chi connectivity index (χ3v) is 4.96. The molecule has 0 saturated heterocycles. The number of hydrogen-bond acceptors (Lipinski definition) is 5. The lowest BCUT2D eigenvalue weighted by Gasteiger charge is -2.12. The Morgan fingerprint density at radius 1 is 0.969 bits per heavy atom. The van der Waals surface area contributed by atoms with Crippen LogP contribution in [-0.4, -0.2) is 22.0 Å². The first-order valence-corrected chi connectivity index (χ1v) is 10.3. The molecule has 2 aromatic heterocycles.